The summed E-state index contributed by atoms with van der Waals surface area (Å²) in [7, 11) is 0. The van der Waals surface area contributed by atoms with Crippen molar-refractivity contribution < 1.29 is 13.9 Å². The van der Waals surface area contributed by atoms with Gasteiger partial charge < -0.3 is 10.1 Å². The molecule has 0 saturated heterocycles. The molecule has 3 rings (SSSR count). The van der Waals surface area contributed by atoms with Crippen molar-refractivity contribution in [3.8, 4) is 0 Å². The van der Waals surface area contributed by atoms with Crippen molar-refractivity contribution in [1.29, 1.82) is 0 Å². The normalized spacial score (nSPS) is 10.7. The molecule has 0 spiro atoms. The summed E-state index contributed by atoms with van der Waals surface area (Å²) in [6, 6.07) is 10.3. The third-order valence-electron chi connectivity index (χ3n) is 3.75. The molecule has 4 nitrogen and oxygen atoms in total. The van der Waals surface area contributed by atoms with Crippen LogP contribution in [0.1, 0.15) is 22.8 Å². The lowest BCUT2D eigenvalue weighted by atomic mass is 10.1. The molecule has 6 heteroatoms. The smallest absolute Gasteiger partial charge is 0.341 e. The summed E-state index contributed by atoms with van der Waals surface area (Å²) >= 11 is 3.44. The molecule has 2 aromatic carbocycles. The van der Waals surface area contributed by atoms with Crippen LogP contribution in [0.2, 0.25) is 0 Å². The highest BCUT2D eigenvalue weighted by molar-refractivity contribution is 9.10. The van der Waals surface area contributed by atoms with Crippen molar-refractivity contribution in [2.75, 3.05) is 11.9 Å². The molecule has 0 aliphatic carbocycles. The minimum Gasteiger partial charge on any atom is -0.462 e. The maximum atomic E-state index is 13.5. The van der Waals surface area contributed by atoms with E-state index >= 15 is 0 Å². The van der Waals surface area contributed by atoms with E-state index in [1.54, 1.807) is 26.0 Å². The van der Waals surface area contributed by atoms with Gasteiger partial charge in [0.1, 0.15) is 11.4 Å². The minimum absolute atomic E-state index is 0.268. The second-order valence-corrected chi connectivity index (χ2v) is 6.43. The van der Waals surface area contributed by atoms with Gasteiger partial charge in [0.25, 0.3) is 0 Å². The summed E-state index contributed by atoms with van der Waals surface area (Å²) < 4.78 is 19.5. The first-order valence-electron chi connectivity index (χ1n) is 7.78. The molecule has 0 aliphatic rings. The number of carbonyl (C=O) groups is 1. The quantitative estimate of drug-likeness (QED) is 0.596. The molecule has 0 unspecified atom stereocenters. The van der Waals surface area contributed by atoms with Crippen LogP contribution in [0.5, 0.6) is 0 Å². The van der Waals surface area contributed by atoms with Crippen molar-refractivity contribution in [3.05, 3.63) is 64.0 Å². The van der Waals surface area contributed by atoms with Gasteiger partial charge in [-0.15, -0.1) is 0 Å². The number of aryl methyl sites for hydroxylation is 1. The minimum atomic E-state index is -0.460. The van der Waals surface area contributed by atoms with E-state index in [0.29, 0.717) is 22.5 Å². The van der Waals surface area contributed by atoms with Crippen molar-refractivity contribution in [3.63, 3.8) is 0 Å². The molecule has 1 aromatic heterocycles. The third-order valence-corrected chi connectivity index (χ3v) is 4.25. The van der Waals surface area contributed by atoms with Gasteiger partial charge in [-0.1, -0.05) is 15.9 Å². The Morgan fingerprint density at radius 2 is 2.08 bits per heavy atom. The first-order chi connectivity index (χ1) is 12.0. The van der Waals surface area contributed by atoms with Crippen LogP contribution in [0.3, 0.4) is 0 Å². The van der Waals surface area contributed by atoms with E-state index in [4.69, 9.17) is 4.74 Å². The van der Waals surface area contributed by atoms with Crippen LogP contribution in [0.15, 0.2) is 47.1 Å². The largest absolute Gasteiger partial charge is 0.462 e. The Kier molecular flexibility index (Phi) is 4.99. The molecule has 0 aliphatic heterocycles. The Bertz CT molecular complexity index is 960. The molecular weight excluding hydrogens is 387 g/mol. The first-order valence-corrected chi connectivity index (χ1v) is 8.57. The number of anilines is 2. The second-order valence-electron chi connectivity index (χ2n) is 5.52. The number of halogens is 2. The Labute approximate surface area is 153 Å². The number of rotatable bonds is 4. The summed E-state index contributed by atoms with van der Waals surface area (Å²) in [4.78, 5) is 16.7. The van der Waals surface area contributed by atoms with Gasteiger partial charge >= 0.3 is 5.97 Å². The number of hydrogen-bond acceptors (Lipinski definition) is 4. The number of pyridine rings is 1. The maximum absolute atomic E-state index is 13.5. The number of nitrogens with one attached hydrogen (secondary N) is 1. The molecule has 0 fully saturated rings. The van der Waals surface area contributed by atoms with E-state index in [2.05, 4.69) is 26.2 Å². The predicted octanol–water partition coefficient (Wildman–Crippen LogP) is 5.37. The van der Waals surface area contributed by atoms with E-state index in [1.165, 1.54) is 12.3 Å². The van der Waals surface area contributed by atoms with Crippen LogP contribution < -0.4 is 5.32 Å². The highest BCUT2D eigenvalue weighted by atomic mass is 79.9. The van der Waals surface area contributed by atoms with Crippen LogP contribution in [-0.2, 0) is 4.74 Å². The molecule has 1 N–H and O–H groups in total. The molecule has 25 heavy (non-hydrogen) atoms. The Morgan fingerprint density at radius 1 is 1.28 bits per heavy atom. The van der Waals surface area contributed by atoms with Gasteiger partial charge in [0.15, 0.2) is 0 Å². The van der Waals surface area contributed by atoms with Crippen molar-refractivity contribution >= 4 is 44.2 Å². The average Bonchev–Trinajstić information content (AvgIpc) is 2.58. The molecule has 0 bridgehead atoms. The van der Waals surface area contributed by atoms with Gasteiger partial charge in [0.05, 0.1) is 17.8 Å². The van der Waals surface area contributed by atoms with Crippen molar-refractivity contribution in [2.24, 2.45) is 0 Å². The van der Waals surface area contributed by atoms with Gasteiger partial charge in [-0.25, -0.2) is 9.18 Å². The number of aromatic nitrogens is 1. The first kappa shape index (κ1) is 17.4. The topological polar surface area (TPSA) is 51.2 Å². The SMILES string of the molecule is CCOC(=O)c1cnc2ccc(Br)cc2c1Nc1ccc(F)c(C)c1. The predicted molar refractivity (Wildman–Crippen MR) is 99.8 cm³/mol. The molecular formula is C19H16BrFN2O2. The molecule has 0 atom stereocenters. The average molecular weight is 403 g/mol. The molecule has 3 aromatic rings. The third kappa shape index (κ3) is 3.64. The number of hydrogen-bond donors (Lipinski definition) is 1. The number of nitrogens with zero attached hydrogens (tertiary/aromatic N) is 1. The summed E-state index contributed by atoms with van der Waals surface area (Å²) in [5.74, 6) is -0.739. The zero-order valence-corrected chi connectivity index (χ0v) is 15.4. The van der Waals surface area contributed by atoms with Gasteiger partial charge in [0.2, 0.25) is 0 Å². The number of ether oxygens (including phenoxy) is 1. The summed E-state index contributed by atoms with van der Waals surface area (Å²) in [5.41, 5.74) is 2.84. The molecule has 0 saturated carbocycles. The van der Waals surface area contributed by atoms with Gasteiger partial charge in [-0.3, -0.25) is 4.98 Å². The lowest BCUT2D eigenvalue weighted by Gasteiger charge is -2.15. The number of benzene rings is 2. The Morgan fingerprint density at radius 3 is 2.80 bits per heavy atom. The van der Waals surface area contributed by atoms with E-state index in [-0.39, 0.29) is 12.4 Å². The monoisotopic (exact) mass is 402 g/mol. The standard InChI is InChI=1S/C19H16BrFN2O2/c1-3-25-19(24)15-10-22-17-7-4-12(20)9-14(17)18(15)23-13-5-6-16(21)11(2)8-13/h4-10H,3H2,1-2H3,(H,22,23). The van der Waals surface area contributed by atoms with E-state index in [0.717, 1.165) is 15.4 Å². The zero-order chi connectivity index (χ0) is 18.0. The van der Waals surface area contributed by atoms with Gasteiger partial charge in [-0.05, 0) is 55.8 Å². The number of carbonyl (C=O) groups excluding carboxylic acids is 1. The summed E-state index contributed by atoms with van der Waals surface area (Å²) in [6.45, 7) is 3.71. The lowest BCUT2D eigenvalue weighted by molar-refractivity contribution is 0.0527. The van der Waals surface area contributed by atoms with Crippen LogP contribution in [-0.4, -0.2) is 17.6 Å². The Hall–Kier alpha value is -2.47. The van der Waals surface area contributed by atoms with Gasteiger partial charge in [-0.2, -0.15) is 0 Å². The maximum Gasteiger partial charge on any atom is 0.341 e. The second kappa shape index (κ2) is 7.19. The molecule has 128 valence electrons. The fraction of sp³-hybridized carbons (Fsp3) is 0.158. The molecule has 1 heterocycles. The number of esters is 1. The summed E-state index contributed by atoms with van der Waals surface area (Å²) in [5, 5.41) is 3.99. The summed E-state index contributed by atoms with van der Waals surface area (Å²) in [6.07, 6.45) is 1.49. The van der Waals surface area contributed by atoms with Crippen LogP contribution >= 0.6 is 15.9 Å². The lowest BCUT2D eigenvalue weighted by Crippen LogP contribution is -2.09. The van der Waals surface area contributed by atoms with Crippen LogP contribution in [0, 0.1) is 12.7 Å². The fourth-order valence-electron chi connectivity index (χ4n) is 2.53. The van der Waals surface area contributed by atoms with Crippen molar-refractivity contribution in [2.45, 2.75) is 13.8 Å². The van der Waals surface area contributed by atoms with E-state index in [1.807, 2.05) is 18.2 Å². The molecule has 0 radical (unpaired) electrons. The fourth-order valence-corrected chi connectivity index (χ4v) is 2.89. The van der Waals surface area contributed by atoms with Crippen LogP contribution in [0.25, 0.3) is 10.9 Å². The van der Waals surface area contributed by atoms with Crippen molar-refractivity contribution in [1.82, 2.24) is 4.98 Å². The van der Waals surface area contributed by atoms with E-state index in [9.17, 15) is 9.18 Å². The highest BCUT2D eigenvalue weighted by Crippen LogP contribution is 2.32. The van der Waals surface area contributed by atoms with Crippen LogP contribution in [0.4, 0.5) is 15.8 Å². The van der Waals surface area contributed by atoms with E-state index < -0.39 is 5.97 Å². The highest BCUT2D eigenvalue weighted by Gasteiger charge is 2.17. The zero-order valence-electron chi connectivity index (χ0n) is 13.8. The number of fused-ring (bicyclic) bond motifs is 1. The molecule has 0 amide bonds. The van der Waals surface area contributed by atoms with Gasteiger partial charge in [0, 0.05) is 21.7 Å². The Balaban J connectivity index is 2.17.